The van der Waals surface area contributed by atoms with Crippen molar-refractivity contribution in [1.29, 1.82) is 0 Å². The lowest BCUT2D eigenvalue weighted by Crippen LogP contribution is -1.95. The SMILES string of the molecule is CCCCCCc1ccc(-c2cc(-c3ccc(C)cc3C)nc(-c3ccc(C)cc3C)c2)cc1. The van der Waals surface area contributed by atoms with Gasteiger partial charge in [0.1, 0.15) is 0 Å². The van der Waals surface area contributed by atoms with E-state index in [-0.39, 0.29) is 0 Å². The minimum atomic E-state index is 1.04. The van der Waals surface area contributed by atoms with Gasteiger partial charge >= 0.3 is 0 Å². The molecule has 0 aliphatic carbocycles. The Hall–Kier alpha value is -3.19. The highest BCUT2D eigenvalue weighted by Gasteiger charge is 2.12. The van der Waals surface area contributed by atoms with Gasteiger partial charge in [0, 0.05) is 11.1 Å². The van der Waals surface area contributed by atoms with Crippen molar-refractivity contribution in [3.05, 3.63) is 101 Å². The molecule has 0 aliphatic rings. The highest BCUT2D eigenvalue weighted by molar-refractivity contribution is 5.78. The van der Waals surface area contributed by atoms with E-state index in [1.54, 1.807) is 0 Å². The fourth-order valence-electron chi connectivity index (χ4n) is 4.79. The molecule has 1 heteroatoms. The molecule has 3 aromatic carbocycles. The number of hydrogen-bond acceptors (Lipinski definition) is 1. The third kappa shape index (κ3) is 5.65. The quantitative estimate of drug-likeness (QED) is 0.245. The Morgan fingerprint density at radius 1 is 0.559 bits per heavy atom. The van der Waals surface area contributed by atoms with E-state index < -0.39 is 0 Å². The molecule has 0 amide bonds. The van der Waals surface area contributed by atoms with Crippen LogP contribution in [0.2, 0.25) is 0 Å². The number of rotatable bonds is 8. The van der Waals surface area contributed by atoms with Gasteiger partial charge in [0.2, 0.25) is 0 Å². The first-order valence-corrected chi connectivity index (χ1v) is 12.7. The van der Waals surface area contributed by atoms with E-state index in [1.807, 2.05) is 0 Å². The normalized spacial score (nSPS) is 11.1. The number of nitrogens with zero attached hydrogens (tertiary/aromatic N) is 1. The third-order valence-corrected chi connectivity index (χ3v) is 6.75. The first-order valence-electron chi connectivity index (χ1n) is 12.7. The summed E-state index contributed by atoms with van der Waals surface area (Å²) in [5.41, 5.74) is 13.5. The van der Waals surface area contributed by atoms with Gasteiger partial charge in [-0.05, 0) is 80.5 Å². The molecule has 0 spiro atoms. The van der Waals surface area contributed by atoms with Crippen LogP contribution in [0, 0.1) is 27.7 Å². The molecule has 0 radical (unpaired) electrons. The summed E-state index contributed by atoms with van der Waals surface area (Å²) < 4.78 is 0. The predicted octanol–water partition coefficient (Wildman–Crippen LogP) is 9.44. The highest BCUT2D eigenvalue weighted by atomic mass is 14.7. The second-order valence-corrected chi connectivity index (χ2v) is 9.77. The number of aryl methyl sites for hydroxylation is 5. The van der Waals surface area contributed by atoms with Crippen molar-refractivity contribution in [3.63, 3.8) is 0 Å². The molecule has 34 heavy (non-hydrogen) atoms. The van der Waals surface area contributed by atoms with Gasteiger partial charge in [-0.1, -0.05) is 98.0 Å². The van der Waals surface area contributed by atoms with Crippen LogP contribution < -0.4 is 0 Å². The maximum absolute atomic E-state index is 5.16. The van der Waals surface area contributed by atoms with Gasteiger partial charge in [0.05, 0.1) is 11.4 Å². The van der Waals surface area contributed by atoms with Crippen LogP contribution in [0.25, 0.3) is 33.6 Å². The monoisotopic (exact) mass is 447 g/mol. The summed E-state index contributed by atoms with van der Waals surface area (Å²) in [5.74, 6) is 0. The third-order valence-electron chi connectivity index (χ3n) is 6.75. The number of pyridine rings is 1. The summed E-state index contributed by atoms with van der Waals surface area (Å²) in [6, 6.07) is 26.9. The van der Waals surface area contributed by atoms with Crippen molar-refractivity contribution in [1.82, 2.24) is 4.98 Å². The van der Waals surface area contributed by atoms with Gasteiger partial charge < -0.3 is 0 Å². The maximum Gasteiger partial charge on any atom is 0.0718 e. The van der Waals surface area contributed by atoms with E-state index in [1.165, 1.54) is 75.8 Å². The van der Waals surface area contributed by atoms with Crippen LogP contribution in [0.1, 0.15) is 60.4 Å². The van der Waals surface area contributed by atoms with Gasteiger partial charge in [0.15, 0.2) is 0 Å². The van der Waals surface area contributed by atoms with Gasteiger partial charge in [0.25, 0.3) is 0 Å². The Kier molecular flexibility index (Phi) is 7.63. The summed E-state index contributed by atoms with van der Waals surface area (Å²) in [6.07, 6.45) is 6.37. The fraction of sp³-hybridized carbons (Fsp3) is 0.303. The first-order chi connectivity index (χ1) is 16.4. The molecule has 0 bridgehead atoms. The fourth-order valence-corrected chi connectivity index (χ4v) is 4.79. The zero-order chi connectivity index (χ0) is 24.1. The lowest BCUT2D eigenvalue weighted by Gasteiger charge is -2.14. The van der Waals surface area contributed by atoms with E-state index in [0.717, 1.165) is 17.8 Å². The molecule has 0 aliphatic heterocycles. The Bertz CT molecular complexity index is 1190. The average molecular weight is 448 g/mol. The van der Waals surface area contributed by atoms with Crippen molar-refractivity contribution in [2.24, 2.45) is 0 Å². The van der Waals surface area contributed by atoms with Crippen molar-refractivity contribution in [2.75, 3.05) is 0 Å². The molecule has 0 unspecified atom stereocenters. The van der Waals surface area contributed by atoms with E-state index in [2.05, 4.69) is 107 Å². The van der Waals surface area contributed by atoms with Gasteiger partial charge in [-0.25, -0.2) is 4.98 Å². The molecular formula is C33H37N. The molecule has 0 atom stereocenters. The van der Waals surface area contributed by atoms with Gasteiger partial charge in [-0.15, -0.1) is 0 Å². The van der Waals surface area contributed by atoms with E-state index in [0.29, 0.717) is 0 Å². The van der Waals surface area contributed by atoms with Crippen molar-refractivity contribution < 1.29 is 0 Å². The average Bonchev–Trinajstić information content (AvgIpc) is 2.82. The minimum absolute atomic E-state index is 1.04. The molecule has 0 saturated heterocycles. The predicted molar refractivity (Wildman–Crippen MR) is 147 cm³/mol. The van der Waals surface area contributed by atoms with E-state index in [4.69, 9.17) is 4.98 Å². The summed E-state index contributed by atoms with van der Waals surface area (Å²) in [7, 11) is 0. The molecule has 1 heterocycles. The summed E-state index contributed by atoms with van der Waals surface area (Å²) in [5, 5.41) is 0. The van der Waals surface area contributed by atoms with E-state index in [9.17, 15) is 0 Å². The zero-order valence-electron chi connectivity index (χ0n) is 21.4. The lowest BCUT2D eigenvalue weighted by atomic mass is 9.95. The van der Waals surface area contributed by atoms with Crippen LogP contribution in [0.15, 0.2) is 72.8 Å². The lowest BCUT2D eigenvalue weighted by molar-refractivity contribution is 0.667. The largest absolute Gasteiger partial charge is 0.248 e. The smallest absolute Gasteiger partial charge is 0.0718 e. The van der Waals surface area contributed by atoms with Crippen molar-refractivity contribution in [3.8, 4) is 33.6 Å². The number of aromatic nitrogens is 1. The maximum atomic E-state index is 5.16. The van der Waals surface area contributed by atoms with E-state index >= 15 is 0 Å². The molecule has 0 N–H and O–H groups in total. The number of hydrogen-bond donors (Lipinski definition) is 0. The van der Waals surface area contributed by atoms with Crippen LogP contribution in [0.5, 0.6) is 0 Å². The Labute approximate surface area is 205 Å². The molecule has 174 valence electrons. The second-order valence-electron chi connectivity index (χ2n) is 9.77. The van der Waals surface area contributed by atoms with Gasteiger partial charge in [-0.3, -0.25) is 0 Å². The molecular weight excluding hydrogens is 410 g/mol. The summed E-state index contributed by atoms with van der Waals surface area (Å²) >= 11 is 0. The summed E-state index contributed by atoms with van der Waals surface area (Å²) in [6.45, 7) is 10.9. The number of benzene rings is 3. The standard InChI is InChI=1S/C33H37N/c1-6-7-8-9-10-27-13-15-28(16-14-27)29-21-32(30-17-11-23(2)19-25(30)4)34-33(22-29)31-18-12-24(3)20-26(31)5/h11-22H,6-10H2,1-5H3. The Balaban J connectivity index is 1.76. The number of unbranched alkanes of at least 4 members (excludes halogenated alkanes) is 3. The topological polar surface area (TPSA) is 12.9 Å². The zero-order valence-corrected chi connectivity index (χ0v) is 21.4. The Morgan fingerprint density at radius 3 is 1.62 bits per heavy atom. The highest BCUT2D eigenvalue weighted by Crippen LogP contribution is 2.33. The van der Waals surface area contributed by atoms with Crippen LogP contribution >= 0.6 is 0 Å². The van der Waals surface area contributed by atoms with Crippen molar-refractivity contribution >= 4 is 0 Å². The Morgan fingerprint density at radius 2 is 1.12 bits per heavy atom. The van der Waals surface area contributed by atoms with Crippen LogP contribution in [-0.4, -0.2) is 4.98 Å². The molecule has 0 saturated carbocycles. The molecule has 4 aromatic rings. The molecule has 1 nitrogen and oxygen atoms in total. The van der Waals surface area contributed by atoms with Crippen molar-refractivity contribution in [2.45, 2.75) is 66.7 Å². The molecule has 0 fully saturated rings. The van der Waals surface area contributed by atoms with Crippen LogP contribution in [0.4, 0.5) is 0 Å². The van der Waals surface area contributed by atoms with Crippen LogP contribution in [-0.2, 0) is 6.42 Å². The van der Waals surface area contributed by atoms with Gasteiger partial charge in [-0.2, -0.15) is 0 Å². The van der Waals surface area contributed by atoms with Crippen LogP contribution in [0.3, 0.4) is 0 Å². The molecule has 4 rings (SSSR count). The summed E-state index contributed by atoms with van der Waals surface area (Å²) in [4.78, 5) is 5.16. The second kappa shape index (κ2) is 10.8. The molecule has 1 aromatic heterocycles. The first kappa shape index (κ1) is 24.0. The minimum Gasteiger partial charge on any atom is -0.248 e.